The molecule has 9 heteroatoms. The molecular weight excluding hydrogens is 538 g/mol. The Balaban J connectivity index is 1.04. The monoisotopic (exact) mass is 577 g/mol. The van der Waals surface area contributed by atoms with Crippen molar-refractivity contribution in [2.75, 3.05) is 37.6 Å². The number of para-hydroxylation sites is 1. The van der Waals surface area contributed by atoms with Crippen LogP contribution >= 0.6 is 0 Å². The average Bonchev–Trinajstić information content (AvgIpc) is 3.45. The number of rotatable bonds is 10. The van der Waals surface area contributed by atoms with Crippen LogP contribution in [0.25, 0.3) is 16.7 Å². The third-order valence-electron chi connectivity index (χ3n) is 8.35. The lowest BCUT2D eigenvalue weighted by Gasteiger charge is -2.41. The molecule has 1 N–H and O–H groups in total. The second-order valence-corrected chi connectivity index (χ2v) is 11.5. The minimum absolute atomic E-state index is 0.00343. The van der Waals surface area contributed by atoms with Crippen molar-refractivity contribution >= 4 is 28.3 Å². The van der Waals surface area contributed by atoms with Crippen molar-refractivity contribution in [2.45, 2.75) is 45.7 Å². The maximum Gasteiger partial charge on any atom is 0.263 e. The van der Waals surface area contributed by atoms with Crippen LogP contribution in [0.1, 0.15) is 36.7 Å². The van der Waals surface area contributed by atoms with Gasteiger partial charge in [-0.3, -0.25) is 23.5 Å². The van der Waals surface area contributed by atoms with Crippen molar-refractivity contribution < 1.29 is 4.79 Å². The van der Waals surface area contributed by atoms with Gasteiger partial charge in [0.1, 0.15) is 5.82 Å². The number of fused-ring (bicyclic) bond motifs is 3. The molecule has 3 aromatic carbocycles. The van der Waals surface area contributed by atoms with Crippen LogP contribution in [0.15, 0.2) is 83.7 Å². The number of carbonyl (C=O) groups is 1. The lowest BCUT2D eigenvalue weighted by molar-refractivity contribution is -0.121. The van der Waals surface area contributed by atoms with Crippen molar-refractivity contribution in [2.24, 2.45) is 0 Å². The first-order chi connectivity index (χ1) is 21.0. The number of amides is 1. The molecule has 9 nitrogen and oxygen atoms in total. The molecule has 5 aromatic rings. The fourth-order valence-electron chi connectivity index (χ4n) is 6.16. The molecule has 43 heavy (non-hydrogen) atoms. The molecule has 1 unspecified atom stereocenters. The highest BCUT2D eigenvalue weighted by molar-refractivity contribution is 5.80. The van der Waals surface area contributed by atoms with Crippen LogP contribution in [-0.4, -0.2) is 68.7 Å². The second-order valence-electron chi connectivity index (χ2n) is 11.5. The molecule has 222 valence electrons. The molecule has 0 radical (unpaired) electrons. The van der Waals surface area contributed by atoms with Gasteiger partial charge in [-0.25, -0.2) is 0 Å². The Morgan fingerprint density at radius 3 is 2.60 bits per heavy atom. The Morgan fingerprint density at radius 1 is 0.977 bits per heavy atom. The lowest BCUT2D eigenvalue weighted by atomic mass is 10.1. The zero-order valence-electron chi connectivity index (χ0n) is 24.9. The molecule has 0 bridgehead atoms. The molecule has 2 aromatic heterocycles. The summed E-state index contributed by atoms with van der Waals surface area (Å²) < 4.78 is 3.58. The van der Waals surface area contributed by atoms with E-state index in [1.807, 2.05) is 59.0 Å². The van der Waals surface area contributed by atoms with Crippen LogP contribution in [0, 0.1) is 6.92 Å². The summed E-state index contributed by atoms with van der Waals surface area (Å²) >= 11 is 0. The van der Waals surface area contributed by atoms with Crippen LogP contribution in [0.4, 0.5) is 5.69 Å². The third-order valence-corrected chi connectivity index (χ3v) is 8.35. The number of carbonyl (C=O) groups excluding carboxylic acids is 1. The Morgan fingerprint density at radius 2 is 1.79 bits per heavy atom. The molecule has 6 rings (SSSR count). The zero-order chi connectivity index (χ0) is 29.8. The third kappa shape index (κ3) is 6.32. The van der Waals surface area contributed by atoms with E-state index in [1.54, 1.807) is 4.57 Å². The predicted molar refractivity (Wildman–Crippen MR) is 171 cm³/mol. The van der Waals surface area contributed by atoms with Gasteiger partial charge in [-0.1, -0.05) is 54.6 Å². The first-order valence-electron chi connectivity index (χ1n) is 15.2. The summed E-state index contributed by atoms with van der Waals surface area (Å²) in [5.74, 6) is 1.15. The van der Waals surface area contributed by atoms with Gasteiger partial charge in [-0.15, -0.1) is 10.2 Å². The van der Waals surface area contributed by atoms with E-state index >= 15 is 0 Å². The minimum Gasteiger partial charge on any atom is -0.366 e. The van der Waals surface area contributed by atoms with Gasteiger partial charge in [-0.05, 0) is 62.2 Å². The van der Waals surface area contributed by atoms with Crippen LogP contribution in [0.5, 0.6) is 0 Å². The van der Waals surface area contributed by atoms with Gasteiger partial charge in [0.2, 0.25) is 11.7 Å². The molecule has 3 heterocycles. The average molecular weight is 578 g/mol. The van der Waals surface area contributed by atoms with E-state index < -0.39 is 0 Å². The van der Waals surface area contributed by atoms with E-state index in [0.29, 0.717) is 49.0 Å². The minimum atomic E-state index is -0.102. The summed E-state index contributed by atoms with van der Waals surface area (Å²) in [5, 5.41) is 12.5. The summed E-state index contributed by atoms with van der Waals surface area (Å²) in [5.41, 5.74) is 4.25. The summed E-state index contributed by atoms with van der Waals surface area (Å²) in [7, 11) is 0. The molecule has 1 fully saturated rings. The van der Waals surface area contributed by atoms with E-state index in [-0.39, 0.29) is 11.5 Å². The fraction of sp³-hybridized carbons (Fsp3) is 0.353. The molecule has 0 aliphatic carbocycles. The van der Waals surface area contributed by atoms with Gasteiger partial charge in [0.15, 0.2) is 0 Å². The molecular formula is C34H39N7O2. The van der Waals surface area contributed by atoms with Crippen LogP contribution in [0.2, 0.25) is 0 Å². The Hall–Kier alpha value is -4.50. The van der Waals surface area contributed by atoms with Crippen LogP contribution < -0.4 is 15.8 Å². The summed E-state index contributed by atoms with van der Waals surface area (Å²) in [6, 6.07) is 26.5. The Labute approximate surface area is 251 Å². The quantitative estimate of drug-likeness (QED) is 0.252. The topological polar surface area (TPSA) is 87.8 Å². The smallest absolute Gasteiger partial charge is 0.263 e. The van der Waals surface area contributed by atoms with Gasteiger partial charge in [0.25, 0.3) is 5.56 Å². The molecule has 1 atom stereocenters. The highest BCUT2D eigenvalue weighted by Gasteiger charge is 2.23. The summed E-state index contributed by atoms with van der Waals surface area (Å²) in [6.07, 6.45) is 1.64. The fourth-order valence-corrected chi connectivity index (χ4v) is 6.16. The first-order valence-corrected chi connectivity index (χ1v) is 15.2. The van der Waals surface area contributed by atoms with Crippen LogP contribution in [-0.2, 0) is 17.8 Å². The van der Waals surface area contributed by atoms with Crippen molar-refractivity contribution in [3.05, 3.63) is 106 Å². The van der Waals surface area contributed by atoms with E-state index in [2.05, 4.69) is 63.4 Å². The van der Waals surface area contributed by atoms with Gasteiger partial charge >= 0.3 is 0 Å². The number of nitrogens with zero attached hydrogens (tertiary/aromatic N) is 6. The number of nitrogens with one attached hydrogen (secondary N) is 1. The largest absolute Gasteiger partial charge is 0.366 e. The summed E-state index contributed by atoms with van der Waals surface area (Å²) in [6.45, 7) is 9.48. The number of anilines is 1. The lowest BCUT2D eigenvalue weighted by Crippen LogP contribution is -2.52. The van der Waals surface area contributed by atoms with Gasteiger partial charge in [0, 0.05) is 50.7 Å². The molecule has 0 saturated carbocycles. The molecule has 1 amide bonds. The molecule has 1 saturated heterocycles. The maximum absolute atomic E-state index is 13.4. The standard InChI is InChI=1S/C34H39N7O2/c1-25-10-8-13-28(22-25)39-21-20-38(23-26(39)2)19-9-18-35-32(42)17-16-31-36-37-34-40(24-27-11-4-3-5-12-27)33(43)29-14-6-7-15-30(29)41(31)34/h3-8,10-15,22,26H,9,16-21,23-24H2,1-2H3,(H,35,42). The number of aromatic nitrogens is 4. The zero-order valence-corrected chi connectivity index (χ0v) is 24.9. The molecule has 1 aliphatic heterocycles. The van der Waals surface area contributed by atoms with Crippen molar-refractivity contribution in [3.63, 3.8) is 0 Å². The second kappa shape index (κ2) is 12.8. The SMILES string of the molecule is Cc1cccc(N2CCN(CCCNC(=O)CCc3nnc4n(Cc5ccccc5)c(=O)c5ccccc5n34)CC2C)c1. The van der Waals surface area contributed by atoms with Crippen molar-refractivity contribution in [1.29, 1.82) is 0 Å². The number of piperazine rings is 1. The maximum atomic E-state index is 13.4. The van der Waals surface area contributed by atoms with E-state index in [0.717, 1.165) is 43.7 Å². The number of benzene rings is 3. The molecule has 0 spiro atoms. The van der Waals surface area contributed by atoms with Gasteiger partial charge in [0.05, 0.1) is 17.4 Å². The Bertz CT molecular complexity index is 1780. The van der Waals surface area contributed by atoms with Crippen LogP contribution in [0.3, 0.4) is 0 Å². The van der Waals surface area contributed by atoms with E-state index in [9.17, 15) is 9.59 Å². The van der Waals surface area contributed by atoms with E-state index in [1.165, 1.54) is 11.3 Å². The highest BCUT2D eigenvalue weighted by Crippen LogP contribution is 2.22. The van der Waals surface area contributed by atoms with Crippen molar-refractivity contribution in [1.82, 2.24) is 29.4 Å². The van der Waals surface area contributed by atoms with Crippen molar-refractivity contribution in [3.8, 4) is 0 Å². The predicted octanol–water partition coefficient (Wildman–Crippen LogP) is 4.05. The normalized spacial score (nSPS) is 15.8. The first kappa shape index (κ1) is 28.6. The molecule has 1 aliphatic rings. The van der Waals surface area contributed by atoms with Gasteiger partial charge in [-0.2, -0.15) is 0 Å². The highest BCUT2D eigenvalue weighted by atomic mass is 16.1. The van der Waals surface area contributed by atoms with E-state index in [4.69, 9.17) is 0 Å². The number of aryl methyl sites for hydroxylation is 2. The Kier molecular flexibility index (Phi) is 8.51. The number of hydrogen-bond acceptors (Lipinski definition) is 6. The summed E-state index contributed by atoms with van der Waals surface area (Å²) in [4.78, 5) is 31.2. The number of hydrogen-bond donors (Lipinski definition) is 1. The van der Waals surface area contributed by atoms with Gasteiger partial charge < -0.3 is 10.2 Å².